The van der Waals surface area contributed by atoms with Gasteiger partial charge >= 0.3 is 0 Å². The van der Waals surface area contributed by atoms with E-state index in [1.807, 2.05) is 6.92 Å². The summed E-state index contributed by atoms with van der Waals surface area (Å²) in [7, 11) is -3.86. The second-order valence-electron chi connectivity index (χ2n) is 6.53. The minimum atomic E-state index is -3.86. The molecular formula is C20H17N5O4S2. The average Bonchev–Trinajstić information content (AvgIpc) is 3.39. The normalized spacial score (nSPS) is 11.3. The first-order chi connectivity index (χ1) is 14.8. The van der Waals surface area contributed by atoms with Gasteiger partial charge in [-0.05, 0) is 31.2 Å². The lowest BCUT2D eigenvalue weighted by atomic mass is 10.2. The molecule has 4 rings (SSSR count). The molecule has 0 atom stereocenters. The maximum atomic E-state index is 12.9. The number of anilines is 3. The number of aromatic nitrogens is 2. The molecule has 0 radical (unpaired) electrons. The topological polar surface area (TPSA) is 140 Å². The Labute approximate surface area is 182 Å². The number of benzene rings is 2. The van der Waals surface area contributed by atoms with Gasteiger partial charge in [-0.25, -0.2) is 13.4 Å². The summed E-state index contributed by atoms with van der Waals surface area (Å²) >= 11 is 1.28. The smallest absolute Gasteiger partial charge is 0.263 e. The third kappa shape index (κ3) is 4.27. The molecule has 11 heteroatoms. The van der Waals surface area contributed by atoms with E-state index in [2.05, 4.69) is 20.2 Å². The van der Waals surface area contributed by atoms with Gasteiger partial charge in [0, 0.05) is 11.6 Å². The first-order valence-electron chi connectivity index (χ1n) is 9.00. The van der Waals surface area contributed by atoms with E-state index in [9.17, 15) is 13.2 Å². The average molecular weight is 456 g/mol. The third-order valence-electron chi connectivity index (χ3n) is 4.33. The van der Waals surface area contributed by atoms with Crippen LogP contribution in [-0.4, -0.2) is 24.5 Å². The fraction of sp³-hybridized carbons (Fsp3) is 0.0500. The van der Waals surface area contributed by atoms with Crippen molar-refractivity contribution in [3.63, 3.8) is 0 Å². The van der Waals surface area contributed by atoms with Gasteiger partial charge in [-0.1, -0.05) is 35.0 Å². The summed E-state index contributed by atoms with van der Waals surface area (Å²) in [5.41, 5.74) is 7.42. The molecule has 0 bridgehead atoms. The molecule has 2 aromatic carbocycles. The molecule has 4 aromatic rings. The molecule has 0 unspecified atom stereocenters. The van der Waals surface area contributed by atoms with Gasteiger partial charge in [-0.15, -0.1) is 11.3 Å². The second-order valence-corrected chi connectivity index (χ2v) is 9.10. The van der Waals surface area contributed by atoms with E-state index in [0.717, 1.165) is 5.56 Å². The SMILES string of the molecule is Cc1ccc(S(=O)(=O)Nc2ccccc2NC(=O)c2c(-c3nccs3)noc2N)cc1. The van der Waals surface area contributed by atoms with Gasteiger partial charge in [-0.3, -0.25) is 9.52 Å². The van der Waals surface area contributed by atoms with E-state index in [0.29, 0.717) is 5.01 Å². The zero-order valence-electron chi connectivity index (χ0n) is 16.2. The monoisotopic (exact) mass is 455 g/mol. The molecule has 0 aliphatic heterocycles. The number of rotatable bonds is 6. The number of nitrogen functional groups attached to an aromatic ring is 1. The molecule has 2 aromatic heterocycles. The highest BCUT2D eigenvalue weighted by molar-refractivity contribution is 7.92. The zero-order chi connectivity index (χ0) is 22.0. The Bertz CT molecular complexity index is 1330. The second kappa shape index (κ2) is 8.20. The number of carbonyl (C=O) groups excluding carboxylic acids is 1. The Hall–Kier alpha value is -3.70. The lowest BCUT2D eigenvalue weighted by Gasteiger charge is -2.13. The fourth-order valence-corrected chi connectivity index (χ4v) is 4.50. The number of hydrogen-bond acceptors (Lipinski definition) is 8. The van der Waals surface area contributed by atoms with E-state index >= 15 is 0 Å². The number of thiazole rings is 1. The quantitative estimate of drug-likeness (QED) is 0.402. The number of para-hydroxylation sites is 2. The summed E-state index contributed by atoms with van der Waals surface area (Å²) in [4.78, 5) is 17.2. The van der Waals surface area contributed by atoms with E-state index in [1.165, 1.54) is 23.5 Å². The van der Waals surface area contributed by atoms with Gasteiger partial charge in [0.05, 0.1) is 16.3 Å². The Morgan fingerprint density at radius 1 is 1.10 bits per heavy atom. The maximum absolute atomic E-state index is 12.9. The van der Waals surface area contributed by atoms with E-state index in [4.69, 9.17) is 10.3 Å². The molecule has 0 spiro atoms. The van der Waals surface area contributed by atoms with Crippen molar-refractivity contribution >= 4 is 44.5 Å². The molecule has 2 heterocycles. The van der Waals surface area contributed by atoms with E-state index < -0.39 is 15.9 Å². The lowest BCUT2D eigenvalue weighted by molar-refractivity contribution is 0.102. The largest absolute Gasteiger partial charge is 0.367 e. The van der Waals surface area contributed by atoms with Gasteiger partial charge in [0.2, 0.25) is 5.88 Å². The molecule has 1 amide bonds. The predicted octanol–water partition coefficient (Wildman–Crippen LogP) is 3.74. The van der Waals surface area contributed by atoms with Gasteiger partial charge < -0.3 is 15.6 Å². The van der Waals surface area contributed by atoms with E-state index in [-0.39, 0.29) is 33.4 Å². The number of nitrogens with one attached hydrogen (secondary N) is 2. The maximum Gasteiger partial charge on any atom is 0.263 e. The van der Waals surface area contributed by atoms with Crippen molar-refractivity contribution in [2.24, 2.45) is 0 Å². The Balaban J connectivity index is 1.62. The summed E-state index contributed by atoms with van der Waals surface area (Å²) in [5, 5.41) is 8.70. The van der Waals surface area contributed by atoms with Crippen LogP contribution < -0.4 is 15.8 Å². The molecular weight excluding hydrogens is 438 g/mol. The highest BCUT2D eigenvalue weighted by Crippen LogP contribution is 2.31. The van der Waals surface area contributed by atoms with Crippen LogP contribution in [0.1, 0.15) is 15.9 Å². The summed E-state index contributed by atoms with van der Waals surface area (Å²) in [5.74, 6) is -0.772. The van der Waals surface area contributed by atoms with Crippen LogP contribution in [0.4, 0.5) is 17.3 Å². The summed E-state index contributed by atoms with van der Waals surface area (Å²) < 4.78 is 33.0. The van der Waals surface area contributed by atoms with Crippen LogP contribution in [0.3, 0.4) is 0 Å². The van der Waals surface area contributed by atoms with Crippen molar-refractivity contribution in [2.75, 3.05) is 15.8 Å². The van der Waals surface area contributed by atoms with Gasteiger partial charge in [-0.2, -0.15) is 0 Å². The molecule has 0 aliphatic rings. The molecule has 31 heavy (non-hydrogen) atoms. The standard InChI is InChI=1S/C20H17N5O4S2/c1-12-6-8-13(9-7-12)31(27,28)25-15-5-3-2-4-14(15)23-19(26)16-17(24-29-18(16)21)20-22-10-11-30-20/h2-11,25H,21H2,1H3,(H,23,26). The van der Waals surface area contributed by atoms with Gasteiger partial charge in [0.25, 0.3) is 15.9 Å². The first-order valence-corrected chi connectivity index (χ1v) is 11.4. The van der Waals surface area contributed by atoms with Crippen LogP contribution in [0.25, 0.3) is 10.7 Å². The lowest BCUT2D eigenvalue weighted by Crippen LogP contribution is -2.18. The number of hydrogen-bond donors (Lipinski definition) is 3. The Morgan fingerprint density at radius 3 is 2.48 bits per heavy atom. The molecule has 0 saturated carbocycles. The molecule has 0 fully saturated rings. The summed E-state index contributed by atoms with van der Waals surface area (Å²) in [6, 6.07) is 12.9. The van der Waals surface area contributed by atoms with Crippen LogP contribution in [-0.2, 0) is 10.0 Å². The first kappa shape index (κ1) is 20.6. The van der Waals surface area contributed by atoms with Crippen molar-refractivity contribution in [1.29, 1.82) is 0 Å². The van der Waals surface area contributed by atoms with Crippen LogP contribution in [0.5, 0.6) is 0 Å². The van der Waals surface area contributed by atoms with Crippen LogP contribution in [0.2, 0.25) is 0 Å². The molecule has 0 saturated heterocycles. The third-order valence-corrected chi connectivity index (χ3v) is 6.49. The minimum absolute atomic E-state index is 0.0196. The van der Waals surface area contributed by atoms with Crippen molar-refractivity contribution < 1.29 is 17.7 Å². The zero-order valence-corrected chi connectivity index (χ0v) is 17.8. The summed E-state index contributed by atoms with van der Waals surface area (Å²) in [6.45, 7) is 1.87. The highest BCUT2D eigenvalue weighted by Gasteiger charge is 2.25. The van der Waals surface area contributed by atoms with Crippen molar-refractivity contribution in [1.82, 2.24) is 10.1 Å². The Kier molecular flexibility index (Phi) is 5.44. The number of nitrogens with zero attached hydrogens (tertiary/aromatic N) is 2. The summed E-state index contributed by atoms with van der Waals surface area (Å²) in [6.07, 6.45) is 1.57. The minimum Gasteiger partial charge on any atom is -0.367 e. The van der Waals surface area contributed by atoms with Crippen molar-refractivity contribution in [3.05, 3.63) is 71.2 Å². The number of sulfonamides is 1. The van der Waals surface area contributed by atoms with Crippen LogP contribution in [0.15, 0.2) is 69.5 Å². The number of aryl methyl sites for hydroxylation is 1. The molecule has 0 aliphatic carbocycles. The molecule has 4 N–H and O–H groups in total. The van der Waals surface area contributed by atoms with Crippen molar-refractivity contribution in [2.45, 2.75) is 11.8 Å². The molecule has 9 nitrogen and oxygen atoms in total. The van der Waals surface area contributed by atoms with E-state index in [1.54, 1.807) is 48.0 Å². The highest BCUT2D eigenvalue weighted by atomic mass is 32.2. The van der Waals surface area contributed by atoms with Gasteiger partial charge in [0.15, 0.2) is 5.69 Å². The number of carbonyl (C=O) groups is 1. The van der Waals surface area contributed by atoms with Crippen LogP contribution in [0, 0.1) is 6.92 Å². The number of amides is 1. The van der Waals surface area contributed by atoms with Crippen LogP contribution >= 0.6 is 11.3 Å². The Morgan fingerprint density at radius 2 is 1.81 bits per heavy atom. The van der Waals surface area contributed by atoms with Gasteiger partial charge in [0.1, 0.15) is 10.6 Å². The fourth-order valence-electron chi connectivity index (χ4n) is 2.80. The van der Waals surface area contributed by atoms with Crippen molar-refractivity contribution in [3.8, 4) is 10.7 Å². The number of nitrogens with two attached hydrogens (primary N) is 1. The predicted molar refractivity (Wildman–Crippen MR) is 118 cm³/mol. The molecule has 158 valence electrons.